The summed E-state index contributed by atoms with van der Waals surface area (Å²) in [4.78, 5) is 12.5. The molecule has 8 heteroatoms. The number of carbonyl (C=O) groups excluding carboxylic acids is 1. The van der Waals surface area contributed by atoms with Gasteiger partial charge in [0.1, 0.15) is 6.10 Å². The van der Waals surface area contributed by atoms with Crippen molar-refractivity contribution in [2.75, 3.05) is 5.75 Å². The zero-order chi connectivity index (χ0) is 32.7. The number of carbonyl (C=O) groups is 1. The fraction of sp³-hybridized carbons (Fsp3) is 0.750. The first-order valence-electron chi connectivity index (χ1n) is 17.4. The van der Waals surface area contributed by atoms with Crippen molar-refractivity contribution in [3.63, 3.8) is 0 Å². The summed E-state index contributed by atoms with van der Waals surface area (Å²) in [5.74, 6) is -1.58. The van der Waals surface area contributed by atoms with E-state index in [-0.39, 0.29) is 6.42 Å². The van der Waals surface area contributed by atoms with Crippen LogP contribution in [0.3, 0.4) is 0 Å². The maximum atomic E-state index is 12.5. The van der Waals surface area contributed by atoms with Crippen molar-refractivity contribution in [1.29, 1.82) is 0 Å². The Labute approximate surface area is 270 Å². The van der Waals surface area contributed by atoms with E-state index >= 15 is 0 Å². The molecule has 0 aliphatic rings. The summed E-state index contributed by atoms with van der Waals surface area (Å²) in [6.07, 6.45) is 35.9. The van der Waals surface area contributed by atoms with Gasteiger partial charge in [-0.05, 0) is 70.6 Å². The lowest BCUT2D eigenvalue weighted by molar-refractivity contribution is -0.130. The van der Waals surface area contributed by atoms with Crippen LogP contribution in [0.1, 0.15) is 149 Å². The van der Waals surface area contributed by atoms with Gasteiger partial charge >= 0.3 is 0 Å². The second-order valence-corrected chi connectivity index (χ2v) is 13.4. The van der Waals surface area contributed by atoms with Crippen LogP contribution in [0.25, 0.3) is 0 Å². The molecule has 4 N–H and O–H groups in total. The van der Waals surface area contributed by atoms with Crippen LogP contribution in [0.15, 0.2) is 48.6 Å². The summed E-state index contributed by atoms with van der Waals surface area (Å²) in [5, 5.41) is 23.2. The van der Waals surface area contributed by atoms with Gasteiger partial charge < -0.3 is 15.5 Å². The summed E-state index contributed by atoms with van der Waals surface area (Å²) in [6.45, 7) is 4.43. The lowest BCUT2D eigenvalue weighted by Crippen LogP contribution is -2.50. The number of aliphatic hydroxyl groups is 2. The highest BCUT2D eigenvalue weighted by atomic mass is 32.2. The molecule has 0 rings (SSSR count). The van der Waals surface area contributed by atoms with E-state index in [1.165, 1.54) is 70.3 Å². The van der Waals surface area contributed by atoms with Gasteiger partial charge in [0.15, 0.2) is 0 Å². The molecule has 44 heavy (non-hydrogen) atoms. The zero-order valence-corrected chi connectivity index (χ0v) is 28.7. The van der Waals surface area contributed by atoms with Crippen LogP contribution in [0.2, 0.25) is 0 Å². The Bertz CT molecular complexity index is 896. The number of hydrogen-bond donors (Lipinski definition) is 4. The number of hydrogen-bond acceptors (Lipinski definition) is 5. The second-order valence-electron chi connectivity index (χ2n) is 11.9. The first-order chi connectivity index (χ1) is 21.2. The van der Waals surface area contributed by atoms with Crippen molar-refractivity contribution in [3.8, 4) is 0 Å². The molecule has 0 saturated carbocycles. The molecule has 0 spiro atoms. The smallest absolute Gasteiger partial charge is 0.267 e. The monoisotopic (exact) mass is 639 g/mol. The van der Waals surface area contributed by atoms with E-state index < -0.39 is 40.0 Å². The number of amides is 1. The third-order valence-corrected chi connectivity index (χ3v) is 8.34. The van der Waals surface area contributed by atoms with Crippen LogP contribution in [0.4, 0.5) is 0 Å². The molecule has 0 aliphatic carbocycles. The molecule has 0 bridgehead atoms. The Morgan fingerprint density at radius 2 is 1.02 bits per heavy atom. The average molecular weight is 640 g/mol. The summed E-state index contributed by atoms with van der Waals surface area (Å²) in [5.41, 5.74) is 0. The number of rotatable bonds is 30. The maximum Gasteiger partial charge on any atom is 0.267 e. The van der Waals surface area contributed by atoms with Crippen LogP contribution in [0, 0.1) is 0 Å². The van der Waals surface area contributed by atoms with Crippen LogP contribution >= 0.6 is 0 Å². The Kier molecular flexibility index (Phi) is 28.8. The molecule has 0 aromatic rings. The zero-order valence-electron chi connectivity index (χ0n) is 27.9. The molecular formula is C36H65NO6S. The highest BCUT2D eigenvalue weighted by Gasteiger charge is 2.27. The van der Waals surface area contributed by atoms with Crippen molar-refractivity contribution < 1.29 is 28.0 Å². The maximum absolute atomic E-state index is 12.5. The molecule has 0 aromatic carbocycles. The third-order valence-electron chi connectivity index (χ3n) is 7.56. The normalized spacial score (nSPS) is 14.8. The van der Waals surface area contributed by atoms with E-state index in [1.807, 2.05) is 0 Å². The Morgan fingerprint density at radius 1 is 0.614 bits per heavy atom. The molecule has 0 aliphatic heterocycles. The molecule has 0 heterocycles. The van der Waals surface area contributed by atoms with E-state index in [1.54, 1.807) is 6.08 Å². The van der Waals surface area contributed by atoms with Gasteiger partial charge in [0, 0.05) is 0 Å². The van der Waals surface area contributed by atoms with Crippen LogP contribution in [-0.2, 0) is 14.9 Å². The average Bonchev–Trinajstić information content (AvgIpc) is 2.98. The Hall–Kier alpha value is -1.74. The van der Waals surface area contributed by atoms with Gasteiger partial charge in [-0.1, -0.05) is 127 Å². The van der Waals surface area contributed by atoms with Gasteiger partial charge in [-0.15, -0.1) is 0 Å². The van der Waals surface area contributed by atoms with E-state index in [9.17, 15) is 28.0 Å². The molecule has 3 atom stereocenters. The van der Waals surface area contributed by atoms with Gasteiger partial charge in [-0.3, -0.25) is 9.35 Å². The first kappa shape index (κ1) is 42.3. The van der Waals surface area contributed by atoms with Crippen LogP contribution < -0.4 is 5.32 Å². The predicted octanol–water partition coefficient (Wildman–Crippen LogP) is 8.54. The molecule has 0 radical (unpaired) electrons. The van der Waals surface area contributed by atoms with Gasteiger partial charge in [-0.25, -0.2) is 0 Å². The molecular weight excluding hydrogens is 574 g/mol. The van der Waals surface area contributed by atoms with Crippen molar-refractivity contribution in [2.45, 2.75) is 167 Å². The standard InChI is InChI=1S/C36H65NO6S/c1-3-5-7-9-11-13-15-17-19-21-23-25-27-29-31-35(39)36(40)37-33(32-44(41,42)43)34(38)30-28-26-24-22-20-18-16-14-12-10-8-6-4-2/h12-15,20,22,28,30,33-35,38-39H,3-11,16-19,21,23-27,29,31-32H2,1-2H3,(H,37,40)(H,41,42,43)/b14-12+,15-13-,22-20+,30-28+. The summed E-state index contributed by atoms with van der Waals surface area (Å²) < 4.78 is 32.3. The van der Waals surface area contributed by atoms with Gasteiger partial charge in [0.05, 0.1) is 17.9 Å². The molecule has 256 valence electrons. The summed E-state index contributed by atoms with van der Waals surface area (Å²) in [6, 6.07) is -1.26. The predicted molar refractivity (Wildman–Crippen MR) is 185 cm³/mol. The topological polar surface area (TPSA) is 124 Å². The molecule has 3 unspecified atom stereocenters. The van der Waals surface area contributed by atoms with Gasteiger partial charge in [-0.2, -0.15) is 8.42 Å². The number of allylic oxidation sites excluding steroid dienone is 7. The lowest BCUT2D eigenvalue weighted by Gasteiger charge is -2.22. The summed E-state index contributed by atoms with van der Waals surface area (Å²) >= 11 is 0. The van der Waals surface area contributed by atoms with E-state index in [0.717, 1.165) is 51.4 Å². The highest BCUT2D eigenvalue weighted by molar-refractivity contribution is 7.85. The van der Waals surface area contributed by atoms with Crippen LogP contribution in [0.5, 0.6) is 0 Å². The molecule has 1 amide bonds. The fourth-order valence-electron chi connectivity index (χ4n) is 4.83. The first-order valence-corrected chi connectivity index (χ1v) is 19.1. The highest BCUT2D eigenvalue weighted by Crippen LogP contribution is 2.12. The Morgan fingerprint density at radius 3 is 1.55 bits per heavy atom. The Balaban J connectivity index is 4.25. The molecule has 0 aromatic heterocycles. The largest absolute Gasteiger partial charge is 0.387 e. The van der Waals surface area contributed by atoms with Crippen molar-refractivity contribution in [3.05, 3.63) is 48.6 Å². The van der Waals surface area contributed by atoms with Crippen molar-refractivity contribution in [2.24, 2.45) is 0 Å². The second kappa shape index (κ2) is 29.9. The van der Waals surface area contributed by atoms with Crippen molar-refractivity contribution >= 4 is 16.0 Å². The van der Waals surface area contributed by atoms with E-state index in [4.69, 9.17) is 0 Å². The quantitative estimate of drug-likeness (QED) is 0.0355. The van der Waals surface area contributed by atoms with Gasteiger partial charge in [0.2, 0.25) is 5.91 Å². The molecule has 7 nitrogen and oxygen atoms in total. The number of unbranched alkanes of at least 4 members (excludes halogenated alkanes) is 15. The molecule has 0 fully saturated rings. The van der Waals surface area contributed by atoms with E-state index in [2.05, 4.69) is 55.6 Å². The lowest BCUT2D eigenvalue weighted by atomic mass is 10.0. The SMILES string of the molecule is CCCCC/C=C/CC/C=C/CC/C=C/C(O)C(CS(=O)(=O)O)NC(=O)C(O)CCCCCCCC/C=C\CCCCCC. The van der Waals surface area contributed by atoms with Crippen LogP contribution in [-0.4, -0.2) is 53.1 Å². The van der Waals surface area contributed by atoms with E-state index in [0.29, 0.717) is 12.8 Å². The van der Waals surface area contributed by atoms with Gasteiger partial charge in [0.25, 0.3) is 10.1 Å². The summed E-state index contributed by atoms with van der Waals surface area (Å²) in [7, 11) is -4.45. The number of nitrogens with one attached hydrogen (secondary N) is 1. The minimum atomic E-state index is -4.45. The minimum Gasteiger partial charge on any atom is -0.387 e. The van der Waals surface area contributed by atoms with Crippen molar-refractivity contribution in [1.82, 2.24) is 5.32 Å². The fourth-order valence-corrected chi connectivity index (χ4v) is 5.57. The number of aliphatic hydroxyl groups excluding tert-OH is 2. The minimum absolute atomic E-state index is 0.262. The molecule has 0 saturated heterocycles. The third kappa shape index (κ3) is 29.0.